The van der Waals surface area contributed by atoms with Crippen molar-refractivity contribution in [1.29, 1.82) is 10.5 Å². The Kier molecular flexibility index (Phi) is 5.59. The van der Waals surface area contributed by atoms with Gasteiger partial charge in [-0.05, 0) is 37.1 Å². The number of hydrogen-bond acceptors (Lipinski definition) is 6. The first-order valence-electron chi connectivity index (χ1n) is 7.24. The number of aryl methyl sites for hydroxylation is 2. The summed E-state index contributed by atoms with van der Waals surface area (Å²) in [6.07, 6.45) is 3.17. The van der Waals surface area contributed by atoms with Gasteiger partial charge in [-0.1, -0.05) is 0 Å². The molecule has 121 valence electrons. The van der Waals surface area contributed by atoms with Crippen LogP contribution in [0.3, 0.4) is 0 Å². The molecule has 1 saturated heterocycles. The third kappa shape index (κ3) is 3.42. The summed E-state index contributed by atoms with van der Waals surface area (Å²) < 4.78 is 0. The van der Waals surface area contributed by atoms with E-state index < -0.39 is 0 Å². The maximum absolute atomic E-state index is 8.93. The Morgan fingerprint density at radius 2 is 1.33 bits per heavy atom. The van der Waals surface area contributed by atoms with Gasteiger partial charge in [0.05, 0.1) is 11.1 Å². The topological polar surface area (TPSA) is 79.8 Å². The Morgan fingerprint density at radius 1 is 0.917 bits per heavy atom. The van der Waals surface area contributed by atoms with E-state index in [1.807, 2.05) is 33.5 Å². The Balaban J connectivity index is 0.00000208. The van der Waals surface area contributed by atoms with Gasteiger partial charge in [-0.25, -0.2) is 9.97 Å². The van der Waals surface area contributed by atoms with E-state index >= 15 is 0 Å². The summed E-state index contributed by atoms with van der Waals surface area (Å²) in [7, 11) is 1.97. The minimum Gasteiger partial charge on any atom is -0.382 e. The zero-order valence-electron chi connectivity index (χ0n) is 13.3. The van der Waals surface area contributed by atoms with E-state index in [1.54, 1.807) is 12.4 Å². The third-order valence-electron chi connectivity index (χ3n) is 3.76. The smallest absolute Gasteiger partial charge is 0.382 e. The van der Waals surface area contributed by atoms with Gasteiger partial charge in [0, 0.05) is 46.5 Å². The normalized spacial score (nSPS) is 12.8. The Morgan fingerprint density at radius 3 is 1.67 bits per heavy atom. The van der Waals surface area contributed by atoms with Gasteiger partial charge in [-0.3, -0.25) is 0 Å². The second kappa shape index (κ2) is 7.47. The maximum atomic E-state index is 8.93. The first-order valence-corrected chi connectivity index (χ1v) is 7.24. The summed E-state index contributed by atoms with van der Waals surface area (Å²) >= 11 is 0. The largest absolute Gasteiger partial charge is 0.394 e. The van der Waals surface area contributed by atoms with Gasteiger partial charge in [0.1, 0.15) is 23.8 Å². The fourth-order valence-corrected chi connectivity index (χ4v) is 2.68. The van der Waals surface area contributed by atoms with E-state index in [0.717, 1.165) is 35.9 Å². The second-order valence-electron chi connectivity index (χ2n) is 5.45. The van der Waals surface area contributed by atoms with E-state index in [9.17, 15) is 0 Å². The van der Waals surface area contributed by atoms with E-state index in [-0.39, 0.29) is 21.1 Å². The molecule has 3 rings (SSSR count). The average molecular weight is 496 g/mol. The fourth-order valence-electron chi connectivity index (χ4n) is 2.68. The molecule has 0 bridgehead atoms. The molecule has 0 aromatic carbocycles. The number of anilines is 2. The molecule has 3 heterocycles. The number of hydrogen-bond donors (Lipinski definition) is 0. The maximum Gasteiger partial charge on any atom is 0.394 e. The first kappa shape index (κ1) is 18.0. The number of rotatable bonds is 2. The van der Waals surface area contributed by atoms with Gasteiger partial charge < -0.3 is 9.62 Å². The van der Waals surface area contributed by atoms with Crippen molar-refractivity contribution in [2.75, 3.05) is 22.7 Å². The van der Waals surface area contributed by atoms with E-state index in [0.29, 0.717) is 11.1 Å². The number of nitrogens with zero attached hydrogens (tertiary/aromatic N) is 6. The average Bonchev–Trinajstić information content (AvgIpc) is 3.03. The molecule has 0 N–H and O–H groups in total. The monoisotopic (exact) mass is 496 g/mol. The summed E-state index contributed by atoms with van der Waals surface area (Å²) in [5.74, 6) is 1.69. The molecule has 8 heteroatoms. The van der Waals surface area contributed by atoms with Crippen molar-refractivity contribution in [2.45, 2.75) is 13.8 Å². The molecule has 1 aliphatic heterocycles. The molecule has 2 aromatic heterocycles. The molecule has 1 fully saturated rings. The summed E-state index contributed by atoms with van der Waals surface area (Å²) in [5, 5.41) is 17.9. The van der Waals surface area contributed by atoms with Crippen molar-refractivity contribution >= 4 is 19.2 Å². The van der Waals surface area contributed by atoms with Crippen LogP contribution in [0.25, 0.3) is 0 Å². The van der Waals surface area contributed by atoms with Crippen LogP contribution in [0, 0.1) is 36.5 Å². The van der Waals surface area contributed by atoms with Crippen molar-refractivity contribution in [3.8, 4) is 12.1 Å². The van der Waals surface area contributed by atoms with Crippen LogP contribution in [0.1, 0.15) is 22.3 Å². The summed E-state index contributed by atoms with van der Waals surface area (Å²) in [6.45, 7) is 5.48. The number of nitriles is 2. The van der Waals surface area contributed by atoms with Gasteiger partial charge >= 0.3 is 7.55 Å². The van der Waals surface area contributed by atoms with Crippen molar-refractivity contribution < 1.29 is 21.1 Å². The van der Waals surface area contributed by atoms with Crippen LogP contribution in [0.15, 0.2) is 24.5 Å². The quantitative estimate of drug-likeness (QED) is 0.590. The van der Waals surface area contributed by atoms with Crippen LogP contribution >= 0.6 is 0 Å². The molecule has 0 atom stereocenters. The molecule has 1 aliphatic rings. The first-order chi connectivity index (χ1) is 11.1. The molecule has 6 nitrogen and oxygen atoms in total. The molecule has 2 aromatic rings. The van der Waals surface area contributed by atoms with E-state index in [1.165, 1.54) is 0 Å². The minimum atomic E-state index is 0. The van der Waals surface area contributed by atoms with Crippen LogP contribution < -0.4 is 9.62 Å². The number of aromatic nitrogens is 2. The molecule has 0 amide bonds. The predicted molar refractivity (Wildman–Crippen MR) is 87.8 cm³/mol. The van der Waals surface area contributed by atoms with Gasteiger partial charge in [-0.15, -0.1) is 0 Å². The Labute approximate surface area is 156 Å². The molecule has 0 saturated carbocycles. The van der Waals surface area contributed by atoms with Gasteiger partial charge in [-0.2, -0.15) is 10.5 Å². The van der Waals surface area contributed by atoms with Crippen LogP contribution in [0.5, 0.6) is 0 Å². The molecule has 0 unspecified atom stereocenters. The van der Waals surface area contributed by atoms with Crippen molar-refractivity contribution in [2.24, 2.45) is 0 Å². The summed E-state index contributed by atoms with van der Waals surface area (Å²) in [4.78, 5) is 12.9. The second-order valence-corrected chi connectivity index (χ2v) is 5.45. The van der Waals surface area contributed by atoms with Gasteiger partial charge in [0.2, 0.25) is 0 Å². The van der Waals surface area contributed by atoms with E-state index in [2.05, 4.69) is 31.7 Å². The fraction of sp³-hybridized carbons (Fsp3) is 0.250. The molecule has 0 spiro atoms. The Bertz CT molecular complexity index is 772. The number of pyridine rings is 2. The Hall–Kier alpha value is -2.37. The zero-order chi connectivity index (χ0) is 16.4. The summed E-state index contributed by atoms with van der Waals surface area (Å²) in [6, 6.07) is 7.88. The third-order valence-corrected chi connectivity index (χ3v) is 3.76. The molecule has 0 aliphatic carbocycles. The zero-order valence-corrected chi connectivity index (χ0v) is 15.6. The van der Waals surface area contributed by atoms with Crippen LogP contribution in [-0.2, 0) is 21.1 Å². The van der Waals surface area contributed by atoms with Crippen LogP contribution in [-0.4, -0.2) is 30.6 Å². The van der Waals surface area contributed by atoms with Crippen molar-refractivity contribution in [3.05, 3.63) is 46.8 Å². The van der Waals surface area contributed by atoms with Gasteiger partial charge in [0.25, 0.3) is 0 Å². The molecular weight excluding hydrogens is 482 g/mol. The molecular formula is C16H14BN6Pt. The van der Waals surface area contributed by atoms with Crippen LogP contribution in [0.2, 0.25) is 0 Å². The molecule has 24 heavy (non-hydrogen) atoms. The minimum absolute atomic E-state index is 0. The predicted octanol–water partition coefficient (Wildman–Crippen LogP) is 1.70. The SMILES string of the molecule is Cc1cc(C#N)cnc1N1[B]N(c2ncc(C#N)cc2C)CC1.[Pt]. The van der Waals surface area contributed by atoms with E-state index in [4.69, 9.17) is 10.5 Å². The van der Waals surface area contributed by atoms with Gasteiger partial charge in [0.15, 0.2) is 0 Å². The van der Waals surface area contributed by atoms with Crippen molar-refractivity contribution in [3.63, 3.8) is 0 Å². The van der Waals surface area contributed by atoms with Crippen LogP contribution in [0.4, 0.5) is 11.6 Å². The van der Waals surface area contributed by atoms with Crippen molar-refractivity contribution in [1.82, 2.24) is 9.97 Å². The molecule has 1 radical (unpaired) electrons. The summed E-state index contributed by atoms with van der Waals surface area (Å²) in [5.41, 5.74) is 3.05. The standard InChI is InChI=1S/C16H14BN6.Pt/c1-11-5-13(7-18)9-20-15(11)22-3-4-23(17-22)16-12(2)6-14(8-19)10-21-16;/h5-6,9-10H,3-4H2,1-2H3;.